The van der Waals surface area contributed by atoms with Crippen LogP contribution in [0, 0.1) is 0 Å². The highest BCUT2D eigenvalue weighted by Crippen LogP contribution is 2.27. The number of hydrogen-bond acceptors (Lipinski definition) is 5. The normalized spacial score (nSPS) is 28.3. The fourth-order valence-corrected chi connectivity index (χ4v) is 3.98. The van der Waals surface area contributed by atoms with E-state index in [9.17, 15) is 4.79 Å². The van der Waals surface area contributed by atoms with Crippen LogP contribution in [-0.4, -0.2) is 42.4 Å². The predicted octanol–water partition coefficient (Wildman–Crippen LogP) is 2.36. The van der Waals surface area contributed by atoms with Crippen LogP contribution in [0.3, 0.4) is 0 Å². The van der Waals surface area contributed by atoms with Gasteiger partial charge >= 0.3 is 0 Å². The van der Waals surface area contributed by atoms with Crippen LogP contribution in [0.2, 0.25) is 0 Å². The summed E-state index contributed by atoms with van der Waals surface area (Å²) in [7, 11) is 0. The molecule has 1 N–H and O–H groups in total. The van der Waals surface area contributed by atoms with Crippen molar-refractivity contribution in [1.82, 2.24) is 10.3 Å². The molecule has 1 aliphatic carbocycles. The summed E-state index contributed by atoms with van der Waals surface area (Å²) in [6.07, 6.45) is 3.05. The monoisotopic (exact) mass is 318 g/mol. The molecule has 4 rings (SSSR count). The van der Waals surface area contributed by atoms with Gasteiger partial charge in [-0.05, 0) is 37.5 Å². The van der Waals surface area contributed by atoms with Gasteiger partial charge < -0.3 is 14.8 Å². The third-order valence-electron chi connectivity index (χ3n) is 4.41. The Labute approximate surface area is 132 Å². The van der Waals surface area contributed by atoms with E-state index in [1.807, 2.05) is 18.2 Å². The Morgan fingerprint density at radius 2 is 2.09 bits per heavy atom. The zero-order chi connectivity index (χ0) is 14.9. The first-order valence-electron chi connectivity index (χ1n) is 7.67. The molecule has 2 heterocycles. The number of amides is 1. The molecule has 2 aliphatic rings. The second kappa shape index (κ2) is 5.95. The van der Waals surface area contributed by atoms with Crippen LogP contribution in [0.25, 0.3) is 10.2 Å². The highest BCUT2D eigenvalue weighted by Gasteiger charge is 2.34. The van der Waals surface area contributed by atoms with E-state index in [-0.39, 0.29) is 24.2 Å². The Bertz CT molecular complexity index is 687. The van der Waals surface area contributed by atoms with Crippen molar-refractivity contribution in [3.8, 4) is 0 Å². The van der Waals surface area contributed by atoms with E-state index in [0.717, 1.165) is 29.5 Å². The number of nitrogens with zero attached hydrogens (tertiary/aromatic N) is 1. The maximum Gasteiger partial charge on any atom is 0.251 e. The lowest BCUT2D eigenvalue weighted by Crippen LogP contribution is -2.49. The molecule has 2 aromatic rings. The van der Waals surface area contributed by atoms with Gasteiger partial charge in [0.1, 0.15) is 0 Å². The molecule has 116 valence electrons. The van der Waals surface area contributed by atoms with Crippen LogP contribution in [-0.2, 0) is 9.47 Å². The Morgan fingerprint density at radius 1 is 1.23 bits per heavy atom. The first kappa shape index (κ1) is 14.1. The summed E-state index contributed by atoms with van der Waals surface area (Å²) in [6, 6.07) is 5.81. The van der Waals surface area contributed by atoms with Crippen LogP contribution >= 0.6 is 11.3 Å². The Morgan fingerprint density at radius 3 is 3.00 bits per heavy atom. The van der Waals surface area contributed by atoms with Gasteiger partial charge in [0, 0.05) is 11.6 Å². The summed E-state index contributed by atoms with van der Waals surface area (Å²) in [6.45, 7) is 1.34. The maximum absolute atomic E-state index is 12.4. The molecule has 0 radical (unpaired) electrons. The lowest BCUT2D eigenvalue weighted by Gasteiger charge is -2.39. The highest BCUT2D eigenvalue weighted by atomic mass is 32.1. The second-order valence-electron chi connectivity index (χ2n) is 5.84. The quantitative estimate of drug-likeness (QED) is 0.923. The third kappa shape index (κ3) is 2.74. The SMILES string of the molecule is O=C(N[C@@H]1CC[C@@H]2OCCO[C@@H]2C1)c1ccc2ncsc2c1. The molecule has 1 saturated heterocycles. The molecule has 0 bridgehead atoms. The van der Waals surface area contributed by atoms with Gasteiger partial charge in [-0.25, -0.2) is 4.98 Å². The average Bonchev–Trinajstić information content (AvgIpc) is 3.02. The summed E-state index contributed by atoms with van der Waals surface area (Å²) >= 11 is 1.55. The first-order chi connectivity index (χ1) is 10.8. The molecular weight excluding hydrogens is 300 g/mol. The van der Waals surface area contributed by atoms with Crippen molar-refractivity contribution in [3.05, 3.63) is 29.3 Å². The molecule has 2 fully saturated rings. The number of aromatic nitrogens is 1. The summed E-state index contributed by atoms with van der Waals surface area (Å²) in [5.74, 6) is -0.0181. The van der Waals surface area contributed by atoms with Crippen molar-refractivity contribution in [3.63, 3.8) is 0 Å². The minimum atomic E-state index is -0.0181. The zero-order valence-corrected chi connectivity index (χ0v) is 13.0. The molecule has 5 nitrogen and oxygen atoms in total. The van der Waals surface area contributed by atoms with Crippen molar-refractivity contribution in [2.45, 2.75) is 37.5 Å². The zero-order valence-electron chi connectivity index (χ0n) is 12.2. The van der Waals surface area contributed by atoms with Gasteiger partial charge in [0.05, 0.1) is 41.1 Å². The van der Waals surface area contributed by atoms with E-state index in [0.29, 0.717) is 18.8 Å². The standard InChI is InChI=1S/C16H18N2O3S/c19-16(10-1-3-12-15(7-10)22-9-17-12)18-11-2-4-13-14(8-11)21-6-5-20-13/h1,3,7,9,11,13-14H,2,4-6,8H2,(H,18,19)/t11-,13+,14-/m1/s1. The highest BCUT2D eigenvalue weighted by molar-refractivity contribution is 7.16. The summed E-state index contributed by atoms with van der Waals surface area (Å²) < 4.78 is 12.5. The van der Waals surface area contributed by atoms with E-state index in [1.54, 1.807) is 16.8 Å². The smallest absolute Gasteiger partial charge is 0.251 e. The van der Waals surface area contributed by atoms with Crippen LogP contribution in [0.1, 0.15) is 29.6 Å². The van der Waals surface area contributed by atoms with Crippen molar-refractivity contribution in [1.29, 1.82) is 0 Å². The van der Waals surface area contributed by atoms with Gasteiger partial charge in [-0.15, -0.1) is 11.3 Å². The molecule has 1 saturated carbocycles. The van der Waals surface area contributed by atoms with Crippen LogP contribution in [0.4, 0.5) is 0 Å². The van der Waals surface area contributed by atoms with E-state index in [4.69, 9.17) is 9.47 Å². The Balaban J connectivity index is 1.43. The van der Waals surface area contributed by atoms with E-state index < -0.39 is 0 Å². The number of benzene rings is 1. The van der Waals surface area contributed by atoms with Gasteiger partial charge in [0.15, 0.2) is 0 Å². The Kier molecular flexibility index (Phi) is 3.82. The number of ether oxygens (including phenoxy) is 2. The van der Waals surface area contributed by atoms with E-state index in [1.165, 1.54) is 0 Å². The Hall–Kier alpha value is -1.50. The average molecular weight is 318 g/mol. The topological polar surface area (TPSA) is 60.5 Å². The van der Waals surface area contributed by atoms with Crippen molar-refractivity contribution >= 4 is 27.5 Å². The molecule has 1 amide bonds. The van der Waals surface area contributed by atoms with Crippen molar-refractivity contribution in [2.24, 2.45) is 0 Å². The molecule has 6 heteroatoms. The molecule has 1 aromatic carbocycles. The van der Waals surface area contributed by atoms with Gasteiger partial charge in [-0.3, -0.25) is 4.79 Å². The number of hydrogen-bond donors (Lipinski definition) is 1. The van der Waals surface area contributed by atoms with Gasteiger partial charge in [-0.1, -0.05) is 0 Å². The summed E-state index contributed by atoms with van der Waals surface area (Å²) in [4.78, 5) is 16.7. The van der Waals surface area contributed by atoms with Gasteiger partial charge in [0.25, 0.3) is 5.91 Å². The van der Waals surface area contributed by atoms with Crippen LogP contribution in [0.15, 0.2) is 23.7 Å². The summed E-state index contributed by atoms with van der Waals surface area (Å²) in [5.41, 5.74) is 3.43. The number of carbonyl (C=O) groups is 1. The third-order valence-corrected chi connectivity index (χ3v) is 5.20. The molecule has 22 heavy (non-hydrogen) atoms. The minimum Gasteiger partial charge on any atom is -0.373 e. The van der Waals surface area contributed by atoms with Crippen LogP contribution in [0.5, 0.6) is 0 Å². The van der Waals surface area contributed by atoms with Crippen LogP contribution < -0.4 is 5.32 Å². The number of carbonyl (C=O) groups excluding carboxylic acids is 1. The maximum atomic E-state index is 12.4. The lowest BCUT2D eigenvalue weighted by molar-refractivity contribution is -0.157. The summed E-state index contributed by atoms with van der Waals surface area (Å²) in [5, 5.41) is 3.13. The number of nitrogens with one attached hydrogen (secondary N) is 1. The van der Waals surface area contributed by atoms with Gasteiger partial charge in [-0.2, -0.15) is 0 Å². The number of thiazole rings is 1. The first-order valence-corrected chi connectivity index (χ1v) is 8.55. The molecule has 1 aromatic heterocycles. The fraction of sp³-hybridized carbons (Fsp3) is 0.500. The molecule has 0 spiro atoms. The van der Waals surface area contributed by atoms with Gasteiger partial charge in [0.2, 0.25) is 0 Å². The minimum absolute atomic E-state index is 0.0181. The van der Waals surface area contributed by atoms with Crippen molar-refractivity contribution in [2.75, 3.05) is 13.2 Å². The predicted molar refractivity (Wildman–Crippen MR) is 84.2 cm³/mol. The number of rotatable bonds is 2. The molecule has 0 unspecified atom stereocenters. The fourth-order valence-electron chi connectivity index (χ4n) is 3.26. The van der Waals surface area contributed by atoms with E-state index in [2.05, 4.69) is 10.3 Å². The number of fused-ring (bicyclic) bond motifs is 2. The lowest BCUT2D eigenvalue weighted by atomic mass is 9.89. The molecule has 3 atom stereocenters. The van der Waals surface area contributed by atoms with Crippen molar-refractivity contribution < 1.29 is 14.3 Å². The molecular formula is C16H18N2O3S. The van der Waals surface area contributed by atoms with E-state index >= 15 is 0 Å². The second-order valence-corrected chi connectivity index (χ2v) is 6.72. The largest absolute Gasteiger partial charge is 0.373 e. The molecule has 1 aliphatic heterocycles.